The van der Waals surface area contributed by atoms with Crippen LogP contribution in [0.5, 0.6) is 5.75 Å². The first-order valence-corrected chi connectivity index (χ1v) is 13.5. The van der Waals surface area contributed by atoms with E-state index < -0.39 is 6.10 Å². The highest BCUT2D eigenvalue weighted by Crippen LogP contribution is 2.60. The highest BCUT2D eigenvalue weighted by atomic mass is 35.5. The minimum Gasteiger partial charge on any atom is -0.491 e. The summed E-state index contributed by atoms with van der Waals surface area (Å²) in [6.45, 7) is 6.17. The van der Waals surface area contributed by atoms with Crippen molar-refractivity contribution in [3.05, 3.63) is 65.7 Å². The maximum Gasteiger partial charge on any atom is 0.119 e. The molecule has 1 aliphatic heterocycles. The van der Waals surface area contributed by atoms with Gasteiger partial charge in [0, 0.05) is 39.3 Å². The lowest BCUT2D eigenvalue weighted by atomic mass is 9.48. The molecule has 4 nitrogen and oxygen atoms in total. The highest BCUT2D eigenvalue weighted by Gasteiger charge is 2.51. The summed E-state index contributed by atoms with van der Waals surface area (Å²) in [6, 6.07) is 19.6. The Morgan fingerprint density at radius 3 is 1.92 bits per heavy atom. The van der Waals surface area contributed by atoms with E-state index in [9.17, 15) is 5.11 Å². The van der Waals surface area contributed by atoms with E-state index in [0.717, 1.165) is 56.2 Å². The van der Waals surface area contributed by atoms with E-state index >= 15 is 0 Å². The molecule has 4 bridgehead atoms. The molecule has 5 aliphatic rings. The molecule has 2 aromatic carbocycles. The Hall–Kier alpha value is -1.30. The predicted molar refractivity (Wildman–Crippen MR) is 150 cm³/mol. The number of hydrogen-bond acceptors (Lipinski definition) is 4. The van der Waals surface area contributed by atoms with Crippen LogP contribution in [0.15, 0.2) is 54.6 Å². The van der Waals surface area contributed by atoms with Crippen LogP contribution in [0.3, 0.4) is 0 Å². The Morgan fingerprint density at radius 1 is 0.778 bits per heavy atom. The van der Waals surface area contributed by atoms with Crippen molar-refractivity contribution in [1.29, 1.82) is 0 Å². The topological polar surface area (TPSA) is 35.9 Å². The van der Waals surface area contributed by atoms with Gasteiger partial charge in [0.2, 0.25) is 0 Å². The molecule has 198 valence electrons. The Morgan fingerprint density at radius 2 is 1.33 bits per heavy atom. The second-order valence-electron chi connectivity index (χ2n) is 11.7. The molecular formula is C30H42Cl2N2O2. The van der Waals surface area contributed by atoms with Crippen LogP contribution < -0.4 is 4.74 Å². The molecule has 4 aliphatic carbocycles. The van der Waals surface area contributed by atoms with Crippen molar-refractivity contribution in [3.63, 3.8) is 0 Å². The average molecular weight is 534 g/mol. The third-order valence-corrected chi connectivity index (χ3v) is 9.13. The van der Waals surface area contributed by atoms with Gasteiger partial charge in [-0.25, -0.2) is 0 Å². The van der Waals surface area contributed by atoms with Gasteiger partial charge in [-0.3, -0.25) is 9.80 Å². The zero-order valence-electron chi connectivity index (χ0n) is 21.3. The van der Waals surface area contributed by atoms with E-state index in [4.69, 9.17) is 4.74 Å². The van der Waals surface area contributed by atoms with Gasteiger partial charge in [-0.1, -0.05) is 42.5 Å². The summed E-state index contributed by atoms with van der Waals surface area (Å²) >= 11 is 0. The second kappa shape index (κ2) is 12.0. The van der Waals surface area contributed by atoms with E-state index in [2.05, 4.69) is 64.4 Å². The first-order chi connectivity index (χ1) is 16.6. The molecule has 0 spiro atoms. The van der Waals surface area contributed by atoms with Gasteiger partial charge in [-0.05, 0) is 85.0 Å². The molecule has 7 rings (SSSR count). The summed E-state index contributed by atoms with van der Waals surface area (Å²) in [5.74, 6) is 3.80. The SMILES string of the molecule is Cl.Cl.OC(COc1ccc(C23CC4CC(CC(C4)C2)C3)cc1)CN1CCN(Cc2ccccc2)CC1. The van der Waals surface area contributed by atoms with Crippen molar-refractivity contribution < 1.29 is 9.84 Å². The fraction of sp³-hybridized carbons (Fsp3) is 0.600. The van der Waals surface area contributed by atoms with Crippen LogP contribution in [-0.2, 0) is 12.0 Å². The molecule has 1 unspecified atom stereocenters. The number of hydrogen-bond donors (Lipinski definition) is 1. The largest absolute Gasteiger partial charge is 0.491 e. The summed E-state index contributed by atoms with van der Waals surface area (Å²) < 4.78 is 6.00. The van der Waals surface area contributed by atoms with Crippen molar-refractivity contribution in [2.24, 2.45) is 17.8 Å². The molecule has 1 heterocycles. The van der Waals surface area contributed by atoms with Crippen molar-refractivity contribution in [2.75, 3.05) is 39.3 Å². The lowest BCUT2D eigenvalue weighted by Crippen LogP contribution is -2.48. The van der Waals surface area contributed by atoms with Gasteiger partial charge in [0.15, 0.2) is 0 Å². The zero-order chi connectivity index (χ0) is 23.0. The van der Waals surface area contributed by atoms with Gasteiger partial charge in [0.25, 0.3) is 0 Å². The Labute approximate surface area is 229 Å². The Bertz CT molecular complexity index is 912. The number of halogens is 2. The van der Waals surface area contributed by atoms with Crippen LogP contribution in [0, 0.1) is 17.8 Å². The maximum absolute atomic E-state index is 10.6. The lowest BCUT2D eigenvalue weighted by Gasteiger charge is -2.57. The number of benzene rings is 2. The van der Waals surface area contributed by atoms with Crippen LogP contribution in [0.1, 0.15) is 49.7 Å². The van der Waals surface area contributed by atoms with E-state index in [-0.39, 0.29) is 24.8 Å². The van der Waals surface area contributed by atoms with Gasteiger partial charge in [0.05, 0.1) is 0 Å². The number of nitrogens with zero attached hydrogens (tertiary/aromatic N) is 2. The fourth-order valence-corrected chi connectivity index (χ4v) is 7.88. The Kier molecular flexibility index (Phi) is 9.28. The molecule has 6 heteroatoms. The van der Waals surface area contributed by atoms with Crippen LogP contribution >= 0.6 is 24.8 Å². The quantitative estimate of drug-likeness (QED) is 0.483. The number of β-amino-alcohol motifs (C(OH)–C–C–N with tert-alkyl or cyclic N) is 1. The molecule has 1 atom stereocenters. The zero-order valence-corrected chi connectivity index (χ0v) is 22.9. The smallest absolute Gasteiger partial charge is 0.119 e. The van der Waals surface area contributed by atoms with E-state index in [0.29, 0.717) is 18.6 Å². The van der Waals surface area contributed by atoms with Crippen LogP contribution in [0.25, 0.3) is 0 Å². The molecule has 5 fully saturated rings. The number of aliphatic hydroxyl groups is 1. The van der Waals surface area contributed by atoms with Gasteiger partial charge in [0.1, 0.15) is 18.5 Å². The number of aliphatic hydroxyl groups excluding tert-OH is 1. The van der Waals surface area contributed by atoms with E-state index in [1.165, 1.54) is 49.7 Å². The summed E-state index contributed by atoms with van der Waals surface area (Å²) in [6.07, 6.45) is 8.20. The van der Waals surface area contributed by atoms with E-state index in [1.54, 1.807) is 0 Å². The number of ether oxygens (including phenoxy) is 1. The summed E-state index contributed by atoms with van der Waals surface area (Å²) in [5, 5.41) is 10.6. The van der Waals surface area contributed by atoms with Crippen molar-refractivity contribution in [3.8, 4) is 5.75 Å². The van der Waals surface area contributed by atoms with Gasteiger partial charge in [-0.15, -0.1) is 24.8 Å². The first kappa shape index (κ1) is 27.7. The standard InChI is InChI=1S/C30H40N2O2.2ClH/c33-28(21-32-12-10-31(11-13-32)20-23-4-2-1-3-5-23)22-34-29-8-6-27(7-9-29)30-17-24-14-25(18-30)16-26(15-24)19-30;;/h1-9,24-26,28,33H,10-22H2;2*1H. The normalized spacial score (nSPS) is 30.3. The van der Waals surface area contributed by atoms with E-state index in [1.807, 2.05) is 0 Å². The van der Waals surface area contributed by atoms with Crippen molar-refractivity contribution in [1.82, 2.24) is 9.80 Å². The lowest BCUT2D eigenvalue weighted by molar-refractivity contribution is -0.00522. The second-order valence-corrected chi connectivity index (χ2v) is 11.7. The van der Waals surface area contributed by atoms with Gasteiger partial charge >= 0.3 is 0 Å². The molecular weight excluding hydrogens is 491 g/mol. The minimum absolute atomic E-state index is 0. The molecule has 1 N–H and O–H groups in total. The third kappa shape index (κ3) is 6.22. The summed E-state index contributed by atoms with van der Waals surface area (Å²) in [5.41, 5.74) is 3.35. The van der Waals surface area contributed by atoms with Gasteiger partial charge < -0.3 is 9.84 Å². The number of piperazine rings is 1. The van der Waals surface area contributed by atoms with Crippen LogP contribution in [-0.4, -0.2) is 60.3 Å². The average Bonchev–Trinajstić information content (AvgIpc) is 2.84. The molecule has 0 aromatic heterocycles. The Balaban J connectivity index is 0.00000152. The maximum atomic E-state index is 10.6. The number of rotatable bonds is 8. The predicted octanol–water partition coefficient (Wildman–Crippen LogP) is 5.56. The summed E-state index contributed by atoms with van der Waals surface area (Å²) in [4.78, 5) is 4.87. The molecule has 1 saturated heterocycles. The molecule has 0 amide bonds. The fourth-order valence-electron chi connectivity index (χ4n) is 7.88. The van der Waals surface area contributed by atoms with Gasteiger partial charge in [-0.2, -0.15) is 0 Å². The monoisotopic (exact) mass is 532 g/mol. The first-order valence-electron chi connectivity index (χ1n) is 13.5. The van der Waals surface area contributed by atoms with Crippen LogP contribution in [0.4, 0.5) is 0 Å². The molecule has 2 aromatic rings. The summed E-state index contributed by atoms with van der Waals surface area (Å²) in [7, 11) is 0. The third-order valence-electron chi connectivity index (χ3n) is 9.13. The molecule has 4 saturated carbocycles. The minimum atomic E-state index is -0.455. The van der Waals surface area contributed by atoms with Crippen molar-refractivity contribution in [2.45, 2.75) is 56.6 Å². The van der Waals surface area contributed by atoms with Crippen LogP contribution in [0.2, 0.25) is 0 Å². The highest BCUT2D eigenvalue weighted by molar-refractivity contribution is 5.85. The van der Waals surface area contributed by atoms with Crippen molar-refractivity contribution >= 4 is 24.8 Å². The molecule has 0 radical (unpaired) electrons. The molecule has 36 heavy (non-hydrogen) atoms.